The van der Waals surface area contributed by atoms with Gasteiger partial charge in [-0.1, -0.05) is 6.07 Å². The van der Waals surface area contributed by atoms with E-state index in [4.69, 9.17) is 5.11 Å². The van der Waals surface area contributed by atoms with Crippen LogP contribution in [0.3, 0.4) is 0 Å². The second-order valence-corrected chi connectivity index (χ2v) is 3.89. The molecule has 6 nitrogen and oxygen atoms in total. The fourth-order valence-electron chi connectivity index (χ4n) is 1.51. The first-order valence-corrected chi connectivity index (χ1v) is 5.61. The van der Waals surface area contributed by atoms with Crippen molar-refractivity contribution in [2.75, 3.05) is 20.6 Å². The summed E-state index contributed by atoms with van der Waals surface area (Å²) in [4.78, 5) is 28.2. The van der Waals surface area contributed by atoms with Gasteiger partial charge in [0.25, 0.3) is 5.91 Å². The molecule has 0 bridgehead atoms. The molecule has 0 fully saturated rings. The maximum absolute atomic E-state index is 11.8. The molecule has 1 atom stereocenters. The summed E-state index contributed by atoms with van der Waals surface area (Å²) in [5, 5.41) is 11.3. The van der Waals surface area contributed by atoms with Crippen LogP contribution in [0.5, 0.6) is 0 Å². The number of nitrogens with one attached hydrogen (secondary N) is 1. The van der Waals surface area contributed by atoms with Crippen LogP contribution in [0.2, 0.25) is 0 Å². The van der Waals surface area contributed by atoms with Gasteiger partial charge in [0, 0.05) is 31.9 Å². The van der Waals surface area contributed by atoms with Crippen LogP contribution < -0.4 is 5.32 Å². The molecule has 1 heterocycles. The first kappa shape index (κ1) is 14.1. The van der Waals surface area contributed by atoms with Crippen molar-refractivity contribution in [1.29, 1.82) is 0 Å². The van der Waals surface area contributed by atoms with Gasteiger partial charge in [0.2, 0.25) is 0 Å². The minimum absolute atomic E-state index is 0.432. The van der Waals surface area contributed by atoms with E-state index in [0.717, 1.165) is 5.69 Å². The first-order valence-electron chi connectivity index (χ1n) is 5.61. The lowest BCUT2D eigenvalue weighted by atomic mass is 10.2. The molecule has 0 aliphatic heterocycles. The van der Waals surface area contributed by atoms with Crippen molar-refractivity contribution in [3.8, 4) is 0 Å². The van der Waals surface area contributed by atoms with Gasteiger partial charge in [0.05, 0.1) is 0 Å². The van der Waals surface area contributed by atoms with Crippen LogP contribution >= 0.6 is 0 Å². The van der Waals surface area contributed by atoms with E-state index in [9.17, 15) is 9.59 Å². The number of carbonyl (C=O) groups excluding carboxylic acids is 1. The maximum atomic E-state index is 11.8. The Morgan fingerprint density at radius 1 is 1.50 bits per heavy atom. The number of pyridine rings is 1. The summed E-state index contributed by atoms with van der Waals surface area (Å²) in [6.07, 6.45) is 2.28. The third-order valence-corrected chi connectivity index (χ3v) is 2.59. The standard InChI is InChI=1S/C12H17N3O3/c1-13-10(12(17)18)11(16)15(2)8-6-9-5-3-4-7-14-9/h3-5,7,10,13H,6,8H2,1-2H3,(H,17,18). The van der Waals surface area contributed by atoms with E-state index in [1.54, 1.807) is 13.2 Å². The van der Waals surface area contributed by atoms with Gasteiger partial charge in [-0.2, -0.15) is 0 Å². The van der Waals surface area contributed by atoms with Gasteiger partial charge in [0.1, 0.15) is 0 Å². The summed E-state index contributed by atoms with van der Waals surface area (Å²) in [6, 6.07) is 4.36. The number of likely N-dealkylation sites (N-methyl/N-ethyl adjacent to an activating group) is 2. The molecule has 0 spiro atoms. The minimum atomic E-state index is -1.20. The highest BCUT2D eigenvalue weighted by Crippen LogP contribution is 1.99. The van der Waals surface area contributed by atoms with Crippen LogP contribution in [0.15, 0.2) is 24.4 Å². The molecular weight excluding hydrogens is 234 g/mol. The Labute approximate surface area is 106 Å². The van der Waals surface area contributed by atoms with E-state index in [1.165, 1.54) is 11.9 Å². The lowest BCUT2D eigenvalue weighted by molar-refractivity contribution is -0.147. The minimum Gasteiger partial charge on any atom is -0.480 e. The summed E-state index contributed by atoms with van der Waals surface area (Å²) in [7, 11) is 3.03. The lowest BCUT2D eigenvalue weighted by Crippen LogP contribution is -2.48. The lowest BCUT2D eigenvalue weighted by Gasteiger charge is -2.20. The van der Waals surface area contributed by atoms with Crippen LogP contribution in [0.25, 0.3) is 0 Å². The van der Waals surface area contributed by atoms with Crippen LogP contribution in [0.1, 0.15) is 5.69 Å². The van der Waals surface area contributed by atoms with Gasteiger partial charge in [-0.25, -0.2) is 4.79 Å². The fraction of sp³-hybridized carbons (Fsp3) is 0.417. The van der Waals surface area contributed by atoms with Crippen molar-refractivity contribution in [2.45, 2.75) is 12.5 Å². The largest absolute Gasteiger partial charge is 0.480 e. The highest BCUT2D eigenvalue weighted by Gasteiger charge is 2.26. The van der Waals surface area contributed by atoms with Crippen LogP contribution in [0.4, 0.5) is 0 Å². The molecule has 2 N–H and O–H groups in total. The van der Waals surface area contributed by atoms with Gasteiger partial charge < -0.3 is 10.0 Å². The van der Waals surface area contributed by atoms with Gasteiger partial charge in [-0.15, -0.1) is 0 Å². The molecule has 6 heteroatoms. The topological polar surface area (TPSA) is 82.5 Å². The van der Waals surface area contributed by atoms with Gasteiger partial charge in [0.15, 0.2) is 6.04 Å². The van der Waals surface area contributed by atoms with Gasteiger partial charge >= 0.3 is 5.97 Å². The van der Waals surface area contributed by atoms with E-state index in [2.05, 4.69) is 10.3 Å². The van der Waals surface area contributed by atoms with Crippen molar-refractivity contribution >= 4 is 11.9 Å². The average molecular weight is 251 g/mol. The summed E-state index contributed by atoms with van der Waals surface area (Å²) < 4.78 is 0. The molecule has 98 valence electrons. The number of carbonyl (C=O) groups is 2. The molecular formula is C12H17N3O3. The monoisotopic (exact) mass is 251 g/mol. The molecule has 1 aromatic heterocycles. The number of carboxylic acid groups (broad SMARTS) is 1. The zero-order valence-electron chi connectivity index (χ0n) is 10.5. The summed E-state index contributed by atoms with van der Waals surface area (Å²) >= 11 is 0. The van der Waals surface area contributed by atoms with Gasteiger partial charge in [-0.3, -0.25) is 15.1 Å². The van der Waals surface area contributed by atoms with Gasteiger partial charge in [-0.05, 0) is 19.2 Å². The Bertz CT molecular complexity index is 408. The third kappa shape index (κ3) is 3.81. The molecule has 0 aromatic carbocycles. The predicted molar refractivity (Wildman–Crippen MR) is 66.1 cm³/mol. The molecule has 0 saturated carbocycles. The SMILES string of the molecule is CNC(C(=O)O)C(=O)N(C)CCc1ccccn1. The second-order valence-electron chi connectivity index (χ2n) is 3.89. The van der Waals surface area contributed by atoms with Crippen molar-refractivity contribution in [3.63, 3.8) is 0 Å². The van der Waals surface area contributed by atoms with E-state index in [0.29, 0.717) is 13.0 Å². The van der Waals surface area contributed by atoms with Crippen LogP contribution in [-0.4, -0.2) is 53.5 Å². The number of aliphatic carboxylic acids is 1. The molecule has 1 rings (SSSR count). The van der Waals surface area contributed by atoms with Crippen LogP contribution in [-0.2, 0) is 16.0 Å². The number of rotatable bonds is 6. The molecule has 0 aliphatic carbocycles. The van der Waals surface area contributed by atoms with E-state index >= 15 is 0 Å². The number of hydrogen-bond donors (Lipinski definition) is 2. The van der Waals surface area contributed by atoms with E-state index in [1.807, 2.05) is 18.2 Å². The summed E-state index contributed by atoms with van der Waals surface area (Å²) in [5.41, 5.74) is 0.869. The number of nitrogens with zero attached hydrogens (tertiary/aromatic N) is 2. The Balaban J connectivity index is 2.52. The fourth-order valence-corrected chi connectivity index (χ4v) is 1.51. The molecule has 1 unspecified atom stereocenters. The number of amides is 1. The maximum Gasteiger partial charge on any atom is 0.330 e. The molecule has 0 aliphatic rings. The van der Waals surface area contributed by atoms with Crippen molar-refractivity contribution in [3.05, 3.63) is 30.1 Å². The summed E-state index contributed by atoms with van der Waals surface area (Å²) in [6.45, 7) is 0.432. The Morgan fingerprint density at radius 2 is 2.22 bits per heavy atom. The number of carboxylic acids is 1. The summed E-state index contributed by atoms with van der Waals surface area (Å²) in [5.74, 6) is -1.63. The average Bonchev–Trinajstić information content (AvgIpc) is 2.37. The molecule has 1 amide bonds. The van der Waals surface area contributed by atoms with Crippen LogP contribution in [0, 0.1) is 0 Å². The zero-order valence-corrected chi connectivity index (χ0v) is 10.5. The second kappa shape index (κ2) is 6.70. The smallest absolute Gasteiger partial charge is 0.330 e. The predicted octanol–water partition coefficient (Wildman–Crippen LogP) is -0.245. The van der Waals surface area contributed by atoms with E-state index < -0.39 is 17.9 Å². The first-order chi connectivity index (χ1) is 8.56. The normalized spacial score (nSPS) is 11.9. The van der Waals surface area contributed by atoms with Crippen molar-refractivity contribution < 1.29 is 14.7 Å². The van der Waals surface area contributed by atoms with Crippen molar-refractivity contribution in [2.24, 2.45) is 0 Å². The molecule has 0 saturated heterocycles. The highest BCUT2D eigenvalue weighted by atomic mass is 16.4. The quantitative estimate of drug-likeness (QED) is 0.682. The molecule has 18 heavy (non-hydrogen) atoms. The third-order valence-electron chi connectivity index (χ3n) is 2.59. The number of hydrogen-bond acceptors (Lipinski definition) is 4. The van der Waals surface area contributed by atoms with E-state index in [-0.39, 0.29) is 0 Å². The number of aromatic nitrogens is 1. The Morgan fingerprint density at radius 3 is 2.72 bits per heavy atom. The highest BCUT2D eigenvalue weighted by molar-refractivity contribution is 6.00. The van der Waals surface area contributed by atoms with Crippen molar-refractivity contribution in [1.82, 2.24) is 15.2 Å². The Kier molecular flexibility index (Phi) is 5.26. The zero-order chi connectivity index (χ0) is 13.5. The molecule has 1 aromatic rings. The Hall–Kier alpha value is -1.95. The molecule has 0 radical (unpaired) electrons.